The molecule has 0 unspecified atom stereocenters. The van der Waals surface area contributed by atoms with E-state index < -0.39 is 5.60 Å². The van der Waals surface area contributed by atoms with Crippen LogP contribution in [0.15, 0.2) is 58.1 Å². The SMILES string of the molecule is C/C(=N/C(OCc1cccc(C)n1)=C(\O)Br)[N-]c1cc(-c2nc(C(C)(C)O)ncc2C)ccc1Cl.[W]. The van der Waals surface area contributed by atoms with E-state index in [1.54, 1.807) is 39.1 Å². The van der Waals surface area contributed by atoms with Gasteiger partial charge in [-0.1, -0.05) is 29.6 Å². The van der Waals surface area contributed by atoms with Gasteiger partial charge in [0, 0.05) is 43.5 Å². The van der Waals surface area contributed by atoms with Gasteiger partial charge >= 0.3 is 0 Å². The van der Waals surface area contributed by atoms with E-state index >= 15 is 0 Å². The van der Waals surface area contributed by atoms with Crippen LogP contribution >= 0.6 is 27.5 Å². The average molecular weight is 744 g/mol. The predicted octanol–water partition coefficient (Wildman–Crippen LogP) is 6.75. The predicted molar refractivity (Wildman–Crippen MR) is 141 cm³/mol. The van der Waals surface area contributed by atoms with E-state index in [1.165, 1.54) is 0 Å². The number of nitrogens with zero attached hydrogens (tertiary/aromatic N) is 5. The fourth-order valence-corrected chi connectivity index (χ4v) is 3.44. The first-order chi connectivity index (χ1) is 16.4. The summed E-state index contributed by atoms with van der Waals surface area (Å²) in [5.41, 5.74) is 3.09. The molecule has 0 aliphatic heterocycles. The van der Waals surface area contributed by atoms with Crippen LogP contribution in [0, 0.1) is 13.8 Å². The Hall–Kier alpha value is -2.32. The first-order valence-corrected chi connectivity index (χ1v) is 11.9. The molecular formula is C25H26BrClN5O3W-. The molecule has 0 saturated carbocycles. The number of aromatic nitrogens is 3. The first-order valence-electron chi connectivity index (χ1n) is 10.7. The zero-order valence-electron chi connectivity index (χ0n) is 20.5. The minimum atomic E-state index is -1.18. The Morgan fingerprint density at radius 2 is 1.92 bits per heavy atom. The molecule has 2 aromatic heterocycles. The molecule has 0 spiro atoms. The summed E-state index contributed by atoms with van der Waals surface area (Å²) in [6, 6.07) is 10.9. The summed E-state index contributed by atoms with van der Waals surface area (Å²) >= 11 is 9.41. The molecule has 0 aliphatic rings. The van der Waals surface area contributed by atoms with Crippen molar-refractivity contribution in [1.29, 1.82) is 0 Å². The first kappa shape index (κ1) is 29.9. The fraction of sp³-hybridized carbons (Fsp3) is 0.280. The van der Waals surface area contributed by atoms with Gasteiger partial charge in [0.1, 0.15) is 12.2 Å². The second-order valence-corrected chi connectivity index (χ2v) is 9.53. The van der Waals surface area contributed by atoms with Crippen LogP contribution in [0.2, 0.25) is 5.02 Å². The van der Waals surface area contributed by atoms with Crippen molar-refractivity contribution in [1.82, 2.24) is 15.0 Å². The Morgan fingerprint density at radius 1 is 1.19 bits per heavy atom. The summed E-state index contributed by atoms with van der Waals surface area (Å²) in [7, 11) is 0. The monoisotopic (exact) mass is 742 g/mol. The molecule has 0 saturated heterocycles. The van der Waals surface area contributed by atoms with E-state index in [0.29, 0.717) is 33.8 Å². The van der Waals surface area contributed by atoms with Crippen LogP contribution in [-0.2, 0) is 38.0 Å². The maximum Gasteiger partial charge on any atom is 0.198 e. The number of rotatable bonds is 7. The smallest absolute Gasteiger partial charge is 0.198 e. The van der Waals surface area contributed by atoms with Gasteiger partial charge in [-0.05, 0) is 86.1 Å². The Morgan fingerprint density at radius 3 is 2.56 bits per heavy atom. The van der Waals surface area contributed by atoms with Crippen molar-refractivity contribution in [3.63, 3.8) is 0 Å². The number of aryl methyl sites for hydroxylation is 2. The summed E-state index contributed by atoms with van der Waals surface area (Å²) in [5, 5.41) is 25.2. The number of hydrogen-bond donors (Lipinski definition) is 2. The quantitative estimate of drug-likeness (QED) is 0.157. The Labute approximate surface area is 238 Å². The second-order valence-electron chi connectivity index (χ2n) is 8.38. The molecule has 11 heteroatoms. The number of hydrogen-bond acceptors (Lipinski definition) is 7. The zero-order valence-corrected chi connectivity index (χ0v) is 25.7. The number of halogens is 2. The average Bonchev–Trinajstić information content (AvgIpc) is 2.77. The maximum absolute atomic E-state index is 10.3. The van der Waals surface area contributed by atoms with Gasteiger partial charge < -0.3 is 25.3 Å². The Balaban J connectivity index is 0.00000456. The number of benzene rings is 1. The van der Waals surface area contributed by atoms with Gasteiger partial charge in [-0.3, -0.25) is 4.98 Å². The minimum absolute atomic E-state index is 0. The molecule has 2 heterocycles. The molecule has 0 amide bonds. The third-order valence-corrected chi connectivity index (χ3v) is 5.42. The molecule has 0 atom stereocenters. The molecule has 0 radical (unpaired) electrons. The summed E-state index contributed by atoms with van der Waals surface area (Å²) in [5.74, 6) is 0.578. The van der Waals surface area contributed by atoms with Crippen LogP contribution in [0.4, 0.5) is 5.69 Å². The van der Waals surface area contributed by atoms with E-state index in [9.17, 15) is 10.2 Å². The van der Waals surface area contributed by atoms with Crippen LogP contribution in [-0.4, -0.2) is 31.0 Å². The molecule has 190 valence electrons. The van der Waals surface area contributed by atoms with Crippen LogP contribution in [0.5, 0.6) is 0 Å². The number of amidine groups is 1. The number of ether oxygens (including phenoxy) is 1. The molecular weight excluding hydrogens is 718 g/mol. The van der Waals surface area contributed by atoms with Crippen molar-refractivity contribution >= 4 is 39.1 Å². The van der Waals surface area contributed by atoms with E-state index in [-0.39, 0.29) is 38.2 Å². The molecule has 0 aliphatic carbocycles. The van der Waals surface area contributed by atoms with Crippen molar-refractivity contribution in [3.05, 3.63) is 86.3 Å². The number of aliphatic imine (C=N–C) groups is 1. The molecule has 1 aromatic carbocycles. The Bertz CT molecular complexity index is 1290. The number of pyridine rings is 1. The summed E-state index contributed by atoms with van der Waals surface area (Å²) in [6.45, 7) is 8.82. The van der Waals surface area contributed by atoms with Gasteiger partial charge in [-0.2, -0.15) is 0 Å². The van der Waals surface area contributed by atoms with Gasteiger partial charge in [0.15, 0.2) is 16.4 Å². The van der Waals surface area contributed by atoms with Crippen molar-refractivity contribution in [3.8, 4) is 11.3 Å². The van der Waals surface area contributed by atoms with Gasteiger partial charge in [0.25, 0.3) is 0 Å². The third-order valence-electron chi connectivity index (χ3n) is 4.76. The Kier molecular flexibility index (Phi) is 10.6. The fourth-order valence-electron chi connectivity index (χ4n) is 3.08. The molecule has 3 aromatic rings. The van der Waals surface area contributed by atoms with Crippen molar-refractivity contribution in [2.75, 3.05) is 0 Å². The van der Waals surface area contributed by atoms with Gasteiger partial charge in [0.05, 0.1) is 11.4 Å². The van der Waals surface area contributed by atoms with Crippen LogP contribution in [0.1, 0.15) is 43.5 Å². The molecule has 0 fully saturated rings. The van der Waals surface area contributed by atoms with E-state index in [2.05, 4.69) is 41.2 Å². The third kappa shape index (κ3) is 8.10. The van der Waals surface area contributed by atoms with Crippen LogP contribution in [0.3, 0.4) is 0 Å². The van der Waals surface area contributed by atoms with Gasteiger partial charge in [-0.15, -0.1) is 0 Å². The normalized spacial score (nSPS) is 12.5. The summed E-state index contributed by atoms with van der Waals surface area (Å²) in [6.07, 6.45) is 1.67. The van der Waals surface area contributed by atoms with Crippen molar-refractivity contribution in [2.45, 2.75) is 46.8 Å². The van der Waals surface area contributed by atoms with E-state index in [1.807, 2.05) is 38.1 Å². The number of aliphatic hydroxyl groups is 2. The number of aliphatic hydroxyl groups excluding tert-OH is 1. The molecule has 0 bridgehead atoms. The molecule has 2 N–H and O–H groups in total. The second kappa shape index (κ2) is 12.8. The van der Waals surface area contributed by atoms with E-state index in [4.69, 9.17) is 16.3 Å². The maximum atomic E-state index is 10.3. The largest absolute Gasteiger partial charge is 0.499 e. The van der Waals surface area contributed by atoms with Gasteiger partial charge in [-0.25, -0.2) is 9.97 Å². The summed E-state index contributed by atoms with van der Waals surface area (Å²) < 4.78 is 5.37. The van der Waals surface area contributed by atoms with Crippen molar-refractivity contribution in [2.24, 2.45) is 4.99 Å². The topological polar surface area (TPSA) is 115 Å². The zero-order chi connectivity index (χ0) is 25.8. The van der Waals surface area contributed by atoms with Crippen LogP contribution in [0.25, 0.3) is 16.6 Å². The van der Waals surface area contributed by atoms with Gasteiger partial charge in [0.2, 0.25) is 0 Å². The van der Waals surface area contributed by atoms with Crippen LogP contribution < -0.4 is 0 Å². The molecule has 8 nitrogen and oxygen atoms in total. The summed E-state index contributed by atoms with van der Waals surface area (Å²) in [4.78, 5) is 17.4. The minimum Gasteiger partial charge on any atom is -0.499 e. The standard InChI is InChI=1S/C25H26BrClN5O3.W/c1-14-12-28-24(25(4,5)34)32-21(14)17-9-10-19(27)20(11-17)30-16(3)31-23(22(26)33)35-13-18-8-6-7-15(2)29-18;/h6-12,34H,13H2,1-5H3,(H-,30,31,33);/q-1;/b23-22+;. The van der Waals surface area contributed by atoms with E-state index in [0.717, 1.165) is 16.8 Å². The molecule has 3 rings (SSSR count). The van der Waals surface area contributed by atoms with Crippen molar-refractivity contribution < 1.29 is 36.0 Å². The molecule has 36 heavy (non-hydrogen) atoms.